The molecule has 1 unspecified atom stereocenters. The van der Waals surface area contributed by atoms with Gasteiger partial charge in [-0.05, 0) is 36.4 Å². The molecule has 0 heterocycles. The van der Waals surface area contributed by atoms with E-state index in [-0.39, 0.29) is 5.41 Å². The first-order valence-electron chi connectivity index (χ1n) is 6.17. The summed E-state index contributed by atoms with van der Waals surface area (Å²) in [5.74, 6) is 0.653. The third kappa shape index (κ3) is 2.65. The standard InChI is InChI=1S/C15H25N/c1-11(2)15(4,5)14-9-7-13(8-10-14)12(3)16-6/h7-12,16H,1-6H3. The van der Waals surface area contributed by atoms with E-state index in [1.807, 2.05) is 7.05 Å². The third-order valence-electron chi connectivity index (χ3n) is 4.03. The smallest absolute Gasteiger partial charge is 0.0289 e. The predicted molar refractivity (Wildman–Crippen MR) is 71.8 cm³/mol. The van der Waals surface area contributed by atoms with Crippen molar-refractivity contribution in [3.8, 4) is 0 Å². The highest BCUT2D eigenvalue weighted by Crippen LogP contribution is 2.31. The van der Waals surface area contributed by atoms with Crippen LogP contribution in [0.4, 0.5) is 0 Å². The highest BCUT2D eigenvalue weighted by atomic mass is 14.8. The number of nitrogens with one attached hydrogen (secondary N) is 1. The van der Waals surface area contributed by atoms with Crippen LogP contribution < -0.4 is 5.32 Å². The highest BCUT2D eigenvalue weighted by Gasteiger charge is 2.24. The maximum atomic E-state index is 3.26. The fourth-order valence-electron chi connectivity index (χ4n) is 1.70. The molecule has 1 nitrogen and oxygen atoms in total. The predicted octanol–water partition coefficient (Wildman–Crippen LogP) is 3.90. The average Bonchev–Trinajstić information content (AvgIpc) is 2.28. The maximum Gasteiger partial charge on any atom is 0.0289 e. The summed E-state index contributed by atoms with van der Waals surface area (Å²) in [5.41, 5.74) is 3.03. The van der Waals surface area contributed by atoms with Gasteiger partial charge in [-0.2, -0.15) is 0 Å². The van der Waals surface area contributed by atoms with E-state index < -0.39 is 0 Å². The lowest BCUT2D eigenvalue weighted by molar-refractivity contribution is 0.372. The summed E-state index contributed by atoms with van der Waals surface area (Å²) < 4.78 is 0. The van der Waals surface area contributed by atoms with E-state index in [9.17, 15) is 0 Å². The topological polar surface area (TPSA) is 12.0 Å². The Balaban J connectivity index is 2.95. The first-order chi connectivity index (χ1) is 7.39. The van der Waals surface area contributed by atoms with Gasteiger partial charge >= 0.3 is 0 Å². The molecule has 0 amide bonds. The van der Waals surface area contributed by atoms with Crippen molar-refractivity contribution >= 4 is 0 Å². The maximum absolute atomic E-state index is 3.26. The number of benzene rings is 1. The van der Waals surface area contributed by atoms with E-state index in [0.717, 1.165) is 0 Å². The zero-order valence-electron chi connectivity index (χ0n) is 11.5. The van der Waals surface area contributed by atoms with Crippen LogP contribution in [-0.2, 0) is 5.41 Å². The Hall–Kier alpha value is -0.820. The van der Waals surface area contributed by atoms with Crippen molar-refractivity contribution in [3.05, 3.63) is 35.4 Å². The Morgan fingerprint density at radius 2 is 1.50 bits per heavy atom. The monoisotopic (exact) mass is 219 g/mol. The fourth-order valence-corrected chi connectivity index (χ4v) is 1.70. The zero-order valence-corrected chi connectivity index (χ0v) is 11.5. The van der Waals surface area contributed by atoms with Crippen molar-refractivity contribution in [2.24, 2.45) is 5.92 Å². The lowest BCUT2D eigenvalue weighted by Gasteiger charge is -2.30. The molecule has 0 spiro atoms. The summed E-state index contributed by atoms with van der Waals surface area (Å²) in [6.45, 7) is 11.4. The van der Waals surface area contributed by atoms with E-state index in [1.165, 1.54) is 11.1 Å². The van der Waals surface area contributed by atoms with Crippen LogP contribution in [0.2, 0.25) is 0 Å². The van der Waals surface area contributed by atoms with Gasteiger partial charge in [0.05, 0.1) is 0 Å². The van der Waals surface area contributed by atoms with Crippen molar-refractivity contribution in [2.75, 3.05) is 7.05 Å². The Morgan fingerprint density at radius 1 is 1.00 bits per heavy atom. The van der Waals surface area contributed by atoms with Gasteiger partial charge < -0.3 is 5.32 Å². The van der Waals surface area contributed by atoms with E-state index >= 15 is 0 Å². The minimum Gasteiger partial charge on any atom is -0.313 e. The molecular formula is C15H25N. The first kappa shape index (κ1) is 13.2. The molecule has 0 saturated carbocycles. The number of rotatable bonds is 4. The Bertz CT molecular complexity index is 322. The van der Waals surface area contributed by atoms with Crippen molar-refractivity contribution in [2.45, 2.75) is 46.1 Å². The molecule has 0 aliphatic carbocycles. The molecule has 1 aromatic carbocycles. The van der Waals surface area contributed by atoms with E-state index in [1.54, 1.807) is 0 Å². The highest BCUT2D eigenvalue weighted by molar-refractivity contribution is 5.30. The number of hydrogen-bond acceptors (Lipinski definition) is 1. The van der Waals surface area contributed by atoms with Crippen LogP contribution in [0.15, 0.2) is 24.3 Å². The molecule has 16 heavy (non-hydrogen) atoms. The van der Waals surface area contributed by atoms with Crippen LogP contribution in [0.1, 0.15) is 51.8 Å². The second-order valence-electron chi connectivity index (χ2n) is 5.51. The van der Waals surface area contributed by atoms with Gasteiger partial charge in [0.2, 0.25) is 0 Å². The van der Waals surface area contributed by atoms with Crippen LogP contribution in [-0.4, -0.2) is 7.05 Å². The second kappa shape index (κ2) is 5.01. The molecule has 1 aromatic rings. The minimum absolute atomic E-state index is 0.251. The van der Waals surface area contributed by atoms with Crippen molar-refractivity contribution in [1.29, 1.82) is 0 Å². The van der Waals surface area contributed by atoms with Crippen LogP contribution in [0, 0.1) is 5.92 Å². The van der Waals surface area contributed by atoms with Gasteiger partial charge in [-0.1, -0.05) is 52.0 Å². The quantitative estimate of drug-likeness (QED) is 0.810. The summed E-state index contributed by atoms with van der Waals surface area (Å²) in [5, 5.41) is 3.26. The van der Waals surface area contributed by atoms with E-state index in [2.05, 4.69) is 64.2 Å². The lowest BCUT2D eigenvalue weighted by atomic mass is 9.75. The minimum atomic E-state index is 0.251. The molecule has 0 fully saturated rings. The molecule has 90 valence electrons. The largest absolute Gasteiger partial charge is 0.313 e. The van der Waals surface area contributed by atoms with Gasteiger partial charge in [0.15, 0.2) is 0 Å². The summed E-state index contributed by atoms with van der Waals surface area (Å²) in [4.78, 5) is 0. The van der Waals surface area contributed by atoms with E-state index in [0.29, 0.717) is 12.0 Å². The summed E-state index contributed by atoms with van der Waals surface area (Å²) >= 11 is 0. The van der Waals surface area contributed by atoms with Gasteiger partial charge in [-0.3, -0.25) is 0 Å². The van der Waals surface area contributed by atoms with Gasteiger partial charge in [0.25, 0.3) is 0 Å². The molecule has 0 saturated heterocycles. The summed E-state index contributed by atoms with van der Waals surface area (Å²) in [6.07, 6.45) is 0. The molecule has 0 radical (unpaired) electrons. The first-order valence-corrected chi connectivity index (χ1v) is 6.17. The Labute approximate surface area is 100 Å². The molecule has 0 bridgehead atoms. The molecular weight excluding hydrogens is 194 g/mol. The van der Waals surface area contributed by atoms with Crippen molar-refractivity contribution < 1.29 is 0 Å². The van der Waals surface area contributed by atoms with Crippen molar-refractivity contribution in [3.63, 3.8) is 0 Å². The summed E-state index contributed by atoms with van der Waals surface area (Å²) in [6, 6.07) is 9.43. The van der Waals surface area contributed by atoms with Crippen LogP contribution in [0.3, 0.4) is 0 Å². The van der Waals surface area contributed by atoms with E-state index in [4.69, 9.17) is 0 Å². The molecule has 0 aliphatic heterocycles. The normalized spacial score (nSPS) is 14.2. The van der Waals surface area contributed by atoms with Gasteiger partial charge in [-0.25, -0.2) is 0 Å². The molecule has 1 atom stereocenters. The third-order valence-corrected chi connectivity index (χ3v) is 4.03. The Morgan fingerprint density at radius 3 is 1.88 bits per heavy atom. The second-order valence-corrected chi connectivity index (χ2v) is 5.51. The van der Waals surface area contributed by atoms with Gasteiger partial charge in [0.1, 0.15) is 0 Å². The van der Waals surface area contributed by atoms with Crippen LogP contribution >= 0.6 is 0 Å². The number of hydrogen-bond donors (Lipinski definition) is 1. The molecule has 0 aliphatic rings. The van der Waals surface area contributed by atoms with Gasteiger partial charge in [0, 0.05) is 6.04 Å². The molecule has 0 aromatic heterocycles. The van der Waals surface area contributed by atoms with Gasteiger partial charge in [-0.15, -0.1) is 0 Å². The van der Waals surface area contributed by atoms with Crippen molar-refractivity contribution in [1.82, 2.24) is 5.32 Å². The lowest BCUT2D eigenvalue weighted by Crippen LogP contribution is -2.24. The fraction of sp³-hybridized carbons (Fsp3) is 0.600. The molecule has 1 rings (SSSR count). The molecule has 1 heteroatoms. The average molecular weight is 219 g/mol. The van der Waals surface area contributed by atoms with Crippen LogP contribution in [0.5, 0.6) is 0 Å². The molecule has 1 N–H and O–H groups in total. The zero-order chi connectivity index (χ0) is 12.3. The van der Waals surface area contributed by atoms with Crippen LogP contribution in [0.25, 0.3) is 0 Å². The SMILES string of the molecule is CNC(C)c1ccc(C(C)(C)C(C)C)cc1. The summed E-state index contributed by atoms with van der Waals surface area (Å²) in [7, 11) is 2.00. The Kier molecular flexibility index (Phi) is 4.15.